The molecule has 3 N–H and O–H groups in total. The van der Waals surface area contributed by atoms with Crippen LogP contribution in [0.1, 0.15) is 17.2 Å². The summed E-state index contributed by atoms with van der Waals surface area (Å²) in [7, 11) is 0. The molecule has 0 aliphatic rings. The van der Waals surface area contributed by atoms with Gasteiger partial charge < -0.3 is 10.8 Å². The lowest BCUT2D eigenvalue weighted by Crippen LogP contribution is -2.30. The highest BCUT2D eigenvalue weighted by molar-refractivity contribution is 9.10. The lowest BCUT2D eigenvalue weighted by molar-refractivity contribution is 0.146. The fourth-order valence-corrected chi connectivity index (χ4v) is 2.58. The van der Waals surface area contributed by atoms with Gasteiger partial charge in [0.15, 0.2) is 0 Å². The highest BCUT2D eigenvalue weighted by atomic mass is 79.9. The molecule has 2 aromatic rings. The van der Waals surface area contributed by atoms with E-state index in [1.54, 1.807) is 12.1 Å². The second-order valence-electron chi connectivity index (χ2n) is 4.46. The van der Waals surface area contributed by atoms with Crippen LogP contribution in [0.15, 0.2) is 53.0 Å². The zero-order chi connectivity index (χ0) is 13.8. The molecule has 0 fully saturated rings. The van der Waals surface area contributed by atoms with E-state index in [4.69, 9.17) is 17.3 Å². The Kier molecular flexibility index (Phi) is 4.99. The quantitative estimate of drug-likeness (QED) is 0.891. The highest BCUT2D eigenvalue weighted by Crippen LogP contribution is 2.28. The number of nitrogens with two attached hydrogens (primary N) is 1. The van der Waals surface area contributed by atoms with Gasteiger partial charge in [0.05, 0.1) is 6.10 Å². The molecule has 0 aromatic heterocycles. The van der Waals surface area contributed by atoms with Crippen LogP contribution in [0.25, 0.3) is 0 Å². The average molecular weight is 341 g/mol. The van der Waals surface area contributed by atoms with Crippen molar-refractivity contribution < 1.29 is 5.11 Å². The lowest BCUT2D eigenvalue weighted by atomic mass is 9.97. The van der Waals surface area contributed by atoms with E-state index >= 15 is 0 Å². The van der Waals surface area contributed by atoms with Crippen LogP contribution in [-0.2, 0) is 6.42 Å². The van der Waals surface area contributed by atoms with Crippen molar-refractivity contribution >= 4 is 27.5 Å². The minimum atomic E-state index is -0.787. The van der Waals surface area contributed by atoms with E-state index in [-0.39, 0.29) is 0 Å². The van der Waals surface area contributed by atoms with Gasteiger partial charge in [-0.3, -0.25) is 0 Å². The average Bonchev–Trinajstić information content (AvgIpc) is 2.42. The van der Waals surface area contributed by atoms with Crippen LogP contribution in [0.5, 0.6) is 0 Å². The van der Waals surface area contributed by atoms with Crippen LogP contribution in [0.4, 0.5) is 0 Å². The van der Waals surface area contributed by atoms with Crippen molar-refractivity contribution in [3.8, 4) is 0 Å². The maximum absolute atomic E-state index is 10.3. The molecule has 2 unspecified atom stereocenters. The summed E-state index contributed by atoms with van der Waals surface area (Å²) >= 11 is 9.47. The Bertz CT molecular complexity index is 547. The van der Waals surface area contributed by atoms with Gasteiger partial charge in [0, 0.05) is 21.1 Å². The number of benzene rings is 2. The maximum Gasteiger partial charge on any atom is 0.0958 e. The Morgan fingerprint density at radius 1 is 1.16 bits per heavy atom. The SMILES string of the molecule is NC(Cc1ccccc1)C(O)c1cc(Br)ccc1Cl. The molecule has 0 saturated carbocycles. The molecule has 19 heavy (non-hydrogen) atoms. The lowest BCUT2D eigenvalue weighted by Gasteiger charge is -2.20. The number of halogens is 2. The molecular formula is C15H15BrClNO. The molecule has 100 valence electrons. The molecular weight excluding hydrogens is 326 g/mol. The predicted molar refractivity (Wildman–Crippen MR) is 82.2 cm³/mol. The second-order valence-corrected chi connectivity index (χ2v) is 5.79. The molecule has 0 radical (unpaired) electrons. The summed E-state index contributed by atoms with van der Waals surface area (Å²) in [6.07, 6.45) is -0.185. The van der Waals surface area contributed by atoms with Crippen LogP contribution in [0.2, 0.25) is 5.02 Å². The first-order valence-corrected chi connectivity index (χ1v) is 7.17. The van der Waals surface area contributed by atoms with Crippen LogP contribution < -0.4 is 5.73 Å². The smallest absolute Gasteiger partial charge is 0.0958 e. The largest absolute Gasteiger partial charge is 0.387 e. The first-order valence-electron chi connectivity index (χ1n) is 6.00. The van der Waals surface area contributed by atoms with Crippen LogP contribution >= 0.6 is 27.5 Å². The number of rotatable bonds is 4. The first kappa shape index (κ1) is 14.5. The van der Waals surface area contributed by atoms with Gasteiger partial charge in [-0.25, -0.2) is 0 Å². The fourth-order valence-electron chi connectivity index (χ4n) is 1.97. The zero-order valence-electron chi connectivity index (χ0n) is 10.3. The van der Waals surface area contributed by atoms with E-state index in [0.29, 0.717) is 17.0 Å². The Morgan fingerprint density at radius 3 is 2.53 bits per heavy atom. The summed E-state index contributed by atoms with van der Waals surface area (Å²) in [6.45, 7) is 0. The summed E-state index contributed by atoms with van der Waals surface area (Å²) in [5.41, 5.74) is 7.83. The van der Waals surface area contributed by atoms with Crippen molar-refractivity contribution in [1.29, 1.82) is 0 Å². The van der Waals surface area contributed by atoms with Gasteiger partial charge in [-0.2, -0.15) is 0 Å². The van der Waals surface area contributed by atoms with Gasteiger partial charge >= 0.3 is 0 Å². The molecule has 0 spiro atoms. The number of aliphatic hydroxyl groups is 1. The topological polar surface area (TPSA) is 46.2 Å². The van der Waals surface area contributed by atoms with Gasteiger partial charge in [0.2, 0.25) is 0 Å². The molecule has 2 rings (SSSR count). The summed E-state index contributed by atoms with van der Waals surface area (Å²) in [5, 5.41) is 10.9. The second kappa shape index (κ2) is 6.53. The Balaban J connectivity index is 2.14. The molecule has 2 atom stereocenters. The molecule has 0 bridgehead atoms. The molecule has 0 aliphatic carbocycles. The van der Waals surface area contributed by atoms with E-state index in [1.807, 2.05) is 36.4 Å². The summed E-state index contributed by atoms with van der Waals surface area (Å²) < 4.78 is 0.873. The van der Waals surface area contributed by atoms with E-state index in [9.17, 15) is 5.11 Å². The zero-order valence-corrected chi connectivity index (χ0v) is 12.6. The standard InChI is InChI=1S/C15H15BrClNO/c16-11-6-7-13(17)12(9-11)15(19)14(18)8-10-4-2-1-3-5-10/h1-7,9,14-15,19H,8,18H2. The Labute approximate surface area is 126 Å². The van der Waals surface area contributed by atoms with Gasteiger partial charge in [0.1, 0.15) is 0 Å². The van der Waals surface area contributed by atoms with Gasteiger partial charge in [-0.1, -0.05) is 57.9 Å². The first-order chi connectivity index (χ1) is 9.08. The normalized spacial score (nSPS) is 14.1. The van der Waals surface area contributed by atoms with Crippen molar-refractivity contribution in [2.24, 2.45) is 5.73 Å². The molecule has 4 heteroatoms. The summed E-state index contributed by atoms with van der Waals surface area (Å²) in [4.78, 5) is 0. The van der Waals surface area contributed by atoms with Gasteiger partial charge in [0.25, 0.3) is 0 Å². The molecule has 2 nitrogen and oxygen atoms in total. The third-order valence-corrected chi connectivity index (χ3v) is 3.83. The van der Waals surface area contributed by atoms with Crippen LogP contribution in [0.3, 0.4) is 0 Å². The third-order valence-electron chi connectivity index (χ3n) is 3.00. The van der Waals surface area contributed by atoms with Crippen molar-refractivity contribution in [3.05, 3.63) is 69.2 Å². The highest BCUT2D eigenvalue weighted by Gasteiger charge is 2.20. The predicted octanol–water partition coefficient (Wildman–Crippen LogP) is 3.71. The molecule has 2 aromatic carbocycles. The summed E-state index contributed by atoms with van der Waals surface area (Å²) in [5.74, 6) is 0. The number of aliphatic hydroxyl groups excluding tert-OH is 1. The minimum Gasteiger partial charge on any atom is -0.387 e. The monoisotopic (exact) mass is 339 g/mol. The van der Waals surface area contributed by atoms with Crippen LogP contribution in [0, 0.1) is 0 Å². The van der Waals surface area contributed by atoms with Crippen molar-refractivity contribution in [1.82, 2.24) is 0 Å². The fraction of sp³-hybridized carbons (Fsp3) is 0.200. The molecule has 0 amide bonds. The number of hydrogen-bond acceptors (Lipinski definition) is 2. The van der Waals surface area contributed by atoms with Crippen molar-refractivity contribution in [2.75, 3.05) is 0 Å². The van der Waals surface area contributed by atoms with E-state index in [2.05, 4.69) is 15.9 Å². The van der Waals surface area contributed by atoms with E-state index in [1.165, 1.54) is 0 Å². The van der Waals surface area contributed by atoms with Crippen molar-refractivity contribution in [2.45, 2.75) is 18.6 Å². The maximum atomic E-state index is 10.3. The van der Waals surface area contributed by atoms with E-state index in [0.717, 1.165) is 10.0 Å². The molecule has 0 aliphatic heterocycles. The van der Waals surface area contributed by atoms with E-state index < -0.39 is 12.1 Å². The minimum absolute atomic E-state index is 0.394. The van der Waals surface area contributed by atoms with Gasteiger partial charge in [-0.15, -0.1) is 0 Å². The Morgan fingerprint density at radius 2 is 1.84 bits per heavy atom. The van der Waals surface area contributed by atoms with Crippen LogP contribution in [-0.4, -0.2) is 11.1 Å². The number of hydrogen-bond donors (Lipinski definition) is 2. The molecule has 0 saturated heterocycles. The molecule has 0 heterocycles. The third kappa shape index (κ3) is 3.80. The van der Waals surface area contributed by atoms with Gasteiger partial charge in [-0.05, 0) is 30.2 Å². The summed E-state index contributed by atoms with van der Waals surface area (Å²) in [6, 6.07) is 14.9. The Hall–Kier alpha value is -0.870. The van der Waals surface area contributed by atoms with Crippen molar-refractivity contribution in [3.63, 3.8) is 0 Å².